The van der Waals surface area contributed by atoms with Crippen molar-refractivity contribution in [2.45, 2.75) is 40.2 Å². The maximum absolute atomic E-state index is 9.68. The van der Waals surface area contributed by atoms with Gasteiger partial charge in [0, 0.05) is 0 Å². The number of benzene rings is 1. The van der Waals surface area contributed by atoms with Crippen LogP contribution in [0.15, 0.2) is 33.3 Å². The number of ether oxygens (including phenoxy) is 1. The Morgan fingerprint density at radius 3 is 2.52 bits per heavy atom. The normalized spacial score (nSPS) is 15.0. The summed E-state index contributed by atoms with van der Waals surface area (Å²) in [5.74, 6) is 1.83. The van der Waals surface area contributed by atoms with E-state index in [1.54, 1.807) is 6.07 Å². The second-order valence-corrected chi connectivity index (χ2v) is 9.94. The van der Waals surface area contributed by atoms with Gasteiger partial charge < -0.3 is 0 Å². The average molecular weight is 557 g/mol. The molecule has 0 saturated heterocycles. The minimum atomic E-state index is -0.679. The first-order valence-corrected chi connectivity index (χ1v) is 12.7. The van der Waals surface area contributed by atoms with E-state index in [0.29, 0.717) is 17.0 Å². The first-order chi connectivity index (χ1) is 14.8. The number of rotatable bonds is 8. The number of nitrogens with two attached hydrogens (primary N) is 1. The molecule has 0 saturated carbocycles. The van der Waals surface area contributed by atoms with E-state index in [9.17, 15) is 5.11 Å². The van der Waals surface area contributed by atoms with Crippen LogP contribution in [0, 0.1) is 19.8 Å². The fraction of sp³-hybridized carbons (Fsp3) is 0.391. The summed E-state index contributed by atoms with van der Waals surface area (Å²) < 4.78 is 13.8. The predicted molar refractivity (Wildman–Crippen MR) is 120 cm³/mol. The number of hydrogen-bond donors (Lipinski definition) is 2. The van der Waals surface area contributed by atoms with Gasteiger partial charge in [0.1, 0.15) is 0 Å². The third-order valence-electron chi connectivity index (χ3n) is 4.65. The number of nitrogens with zero attached hydrogens (tertiary/aromatic N) is 2. The Balaban J connectivity index is 1.88. The molecule has 1 aromatic heterocycles. The van der Waals surface area contributed by atoms with Crippen LogP contribution in [0.3, 0.4) is 0 Å². The molecule has 0 spiro atoms. The number of aliphatic hydroxyl groups is 1. The molecule has 0 radical (unpaired) electrons. The minimum absolute atomic E-state index is 0.169. The van der Waals surface area contributed by atoms with Crippen LogP contribution in [0.1, 0.15) is 41.8 Å². The van der Waals surface area contributed by atoms with Gasteiger partial charge in [-0.2, -0.15) is 0 Å². The third-order valence-corrected chi connectivity index (χ3v) is 6.36. The molecule has 31 heavy (non-hydrogen) atoms. The molecule has 0 amide bonds. The first kappa shape index (κ1) is 24.0. The molecule has 6 nitrogen and oxygen atoms in total. The van der Waals surface area contributed by atoms with E-state index in [0.717, 1.165) is 45.8 Å². The van der Waals surface area contributed by atoms with E-state index in [1.165, 1.54) is 0 Å². The summed E-state index contributed by atoms with van der Waals surface area (Å²) in [6.07, 6.45) is 0.165. The number of aliphatic hydroxyl groups excluding tert-OH is 1. The van der Waals surface area contributed by atoms with Crippen LogP contribution in [0.2, 0.25) is 5.15 Å². The Hall–Kier alpha value is -1.68. The van der Waals surface area contributed by atoms with E-state index in [-0.39, 0.29) is 13.2 Å². The Kier molecular flexibility index (Phi) is 8.32. The number of aryl methyl sites for hydroxylation is 2. The Bertz CT molecular complexity index is 985. The molecule has 1 aromatic carbocycles. The molecule has 0 fully saturated rings. The van der Waals surface area contributed by atoms with Crippen LogP contribution in [0.25, 0.3) is 5.70 Å². The second-order valence-electron chi connectivity index (χ2n) is 7.99. The topological polar surface area (TPSA) is 90.0 Å². The van der Waals surface area contributed by atoms with Gasteiger partial charge in [-0.1, -0.05) is 0 Å². The Morgan fingerprint density at radius 2 is 1.87 bits per heavy atom. The molecule has 1 aliphatic rings. The summed E-state index contributed by atoms with van der Waals surface area (Å²) in [6, 6.07) is 7.90. The van der Waals surface area contributed by atoms with Gasteiger partial charge in [0.25, 0.3) is 0 Å². The zero-order valence-electron chi connectivity index (χ0n) is 18.2. The van der Waals surface area contributed by atoms with Gasteiger partial charge >= 0.3 is 200 Å². The van der Waals surface area contributed by atoms with Crippen molar-refractivity contribution in [3.8, 4) is 5.75 Å². The van der Waals surface area contributed by atoms with Crippen molar-refractivity contribution < 1.29 is 34.5 Å². The van der Waals surface area contributed by atoms with E-state index >= 15 is 0 Å². The van der Waals surface area contributed by atoms with E-state index in [2.05, 4.69) is 22.9 Å². The fourth-order valence-electron chi connectivity index (χ4n) is 3.27. The first-order valence-electron chi connectivity index (χ1n) is 10.2. The van der Waals surface area contributed by atoms with Crippen LogP contribution in [-0.4, -0.2) is 35.2 Å². The van der Waals surface area contributed by atoms with Crippen molar-refractivity contribution in [3.63, 3.8) is 0 Å². The Labute approximate surface area is 199 Å². The van der Waals surface area contributed by atoms with Gasteiger partial charge in [-0.15, -0.1) is 0 Å². The van der Waals surface area contributed by atoms with Crippen molar-refractivity contribution in [1.82, 2.24) is 4.98 Å². The van der Waals surface area contributed by atoms with Gasteiger partial charge in [0.05, 0.1) is 0 Å². The fourth-order valence-corrected chi connectivity index (χ4v) is 4.95. The molecule has 3 rings (SSSR count). The van der Waals surface area contributed by atoms with E-state index < -0.39 is 27.7 Å². The van der Waals surface area contributed by atoms with Crippen molar-refractivity contribution in [1.29, 1.82) is 0 Å². The summed E-state index contributed by atoms with van der Waals surface area (Å²) in [5, 5.41) is 10.1. The molecule has 3 N–H and O–H groups in total. The molecule has 168 valence electrons. The predicted octanol–water partition coefficient (Wildman–Crippen LogP) is 1.03. The van der Waals surface area contributed by atoms with Crippen LogP contribution in [-0.2, 0) is 9.49 Å². The van der Waals surface area contributed by atoms with Crippen LogP contribution < -0.4 is 32.1 Å². The van der Waals surface area contributed by atoms with Crippen LogP contribution in [0.4, 0.5) is 0 Å². The van der Waals surface area contributed by atoms with Crippen molar-refractivity contribution >= 4 is 23.2 Å². The SMILES string of the molecule is Cc1cc(C2=C[I-]OC(c3cc(Cl)nc(CC(C)C)c3)=N2)cc(C)c1OCC(O)CN. The number of pyridine rings is 1. The standard InChI is InChI=1S/C23H28ClIN3O3/c1-13(2)5-18-8-17(9-21(24)27-18)23-28-20(10-25-31-23)16-6-14(3)22(15(4)7-16)30-12-19(29)11-26/h6-10,13,19,29H,5,11-12,26H2,1-4H3/q-1. The van der Waals surface area contributed by atoms with Crippen molar-refractivity contribution in [2.75, 3.05) is 13.2 Å². The van der Waals surface area contributed by atoms with Gasteiger partial charge in [-0.05, 0) is 0 Å². The van der Waals surface area contributed by atoms with Crippen LogP contribution in [0.5, 0.6) is 5.75 Å². The number of halogens is 2. The number of aliphatic imine (C=N–C) groups is 1. The van der Waals surface area contributed by atoms with E-state index in [1.807, 2.05) is 32.0 Å². The average Bonchev–Trinajstić information content (AvgIpc) is 2.72. The molecule has 1 unspecified atom stereocenters. The van der Waals surface area contributed by atoms with Gasteiger partial charge in [0.2, 0.25) is 0 Å². The van der Waals surface area contributed by atoms with Gasteiger partial charge in [-0.3, -0.25) is 0 Å². The second kappa shape index (κ2) is 10.8. The summed E-state index contributed by atoms with van der Waals surface area (Å²) in [7, 11) is 0. The monoisotopic (exact) mass is 556 g/mol. The van der Waals surface area contributed by atoms with Gasteiger partial charge in [0.15, 0.2) is 0 Å². The molecule has 8 heteroatoms. The molecule has 0 aliphatic carbocycles. The molecule has 1 aliphatic heterocycles. The summed E-state index contributed by atoms with van der Waals surface area (Å²) in [6.45, 7) is 8.61. The molecular weight excluding hydrogens is 529 g/mol. The Morgan fingerprint density at radius 1 is 1.16 bits per heavy atom. The zero-order chi connectivity index (χ0) is 22.5. The zero-order valence-corrected chi connectivity index (χ0v) is 21.1. The number of aromatic nitrogens is 1. The third kappa shape index (κ3) is 6.41. The summed E-state index contributed by atoms with van der Waals surface area (Å²) >= 11 is 5.63. The van der Waals surface area contributed by atoms with Crippen molar-refractivity contribution in [3.05, 3.63) is 61.4 Å². The molecule has 1 atom stereocenters. The quantitative estimate of drug-likeness (QED) is 0.375. The summed E-state index contributed by atoms with van der Waals surface area (Å²) in [5.41, 5.74) is 11.1. The molecule has 2 heterocycles. The summed E-state index contributed by atoms with van der Waals surface area (Å²) in [4.78, 5) is 9.21. The van der Waals surface area contributed by atoms with Gasteiger partial charge in [-0.25, -0.2) is 0 Å². The maximum atomic E-state index is 9.68. The van der Waals surface area contributed by atoms with Crippen molar-refractivity contribution in [2.24, 2.45) is 16.6 Å². The van der Waals surface area contributed by atoms with E-state index in [4.69, 9.17) is 30.1 Å². The molecular formula is C23H28ClIN3O3-. The molecule has 2 aromatic rings. The van der Waals surface area contributed by atoms with Crippen LogP contribution >= 0.6 is 11.6 Å². The number of hydrogen-bond acceptors (Lipinski definition) is 6. The molecule has 0 bridgehead atoms.